The first kappa shape index (κ1) is 16.6. The maximum atomic E-state index is 12.3. The third-order valence-electron chi connectivity index (χ3n) is 3.33. The topological polar surface area (TPSA) is 62.1 Å². The summed E-state index contributed by atoms with van der Waals surface area (Å²) in [4.78, 5) is 12.3. The zero-order valence-corrected chi connectivity index (χ0v) is 13.4. The number of hydrogen-bond donors (Lipinski definition) is 1. The molecule has 0 aliphatic carbocycles. The number of carbonyl (C=O) groups excluding carboxylic acids is 1. The van der Waals surface area contributed by atoms with Gasteiger partial charge in [0.25, 0.3) is 5.91 Å². The summed E-state index contributed by atoms with van der Waals surface area (Å²) in [5.41, 5.74) is 1.75. The molecule has 0 fully saturated rings. The zero-order chi connectivity index (χ0) is 16.7. The average molecular weight is 308 g/mol. The molecule has 0 saturated heterocycles. The van der Waals surface area contributed by atoms with Gasteiger partial charge in [-0.3, -0.25) is 4.79 Å². The van der Waals surface area contributed by atoms with Crippen LogP contribution in [-0.4, -0.2) is 12.5 Å². The fourth-order valence-corrected chi connectivity index (χ4v) is 1.97. The number of benzene rings is 2. The van der Waals surface area contributed by atoms with Gasteiger partial charge < -0.3 is 10.1 Å². The lowest BCUT2D eigenvalue weighted by atomic mass is 10.1. The zero-order valence-electron chi connectivity index (χ0n) is 13.4. The highest BCUT2D eigenvalue weighted by molar-refractivity contribution is 6.04. The van der Waals surface area contributed by atoms with Crippen LogP contribution in [0.5, 0.6) is 5.75 Å². The molecule has 0 saturated carbocycles. The van der Waals surface area contributed by atoms with Crippen LogP contribution in [0.2, 0.25) is 0 Å². The molecule has 0 aliphatic heterocycles. The van der Waals surface area contributed by atoms with Gasteiger partial charge in [-0.1, -0.05) is 19.9 Å². The van der Waals surface area contributed by atoms with E-state index in [4.69, 9.17) is 10.00 Å². The van der Waals surface area contributed by atoms with E-state index < -0.39 is 0 Å². The quantitative estimate of drug-likeness (QED) is 0.868. The molecule has 0 aliphatic rings. The van der Waals surface area contributed by atoms with Gasteiger partial charge in [-0.05, 0) is 54.8 Å². The van der Waals surface area contributed by atoms with Gasteiger partial charge in [0.05, 0.1) is 18.2 Å². The van der Waals surface area contributed by atoms with Crippen LogP contribution in [0.3, 0.4) is 0 Å². The number of ether oxygens (including phenoxy) is 1. The van der Waals surface area contributed by atoms with Gasteiger partial charge in [0, 0.05) is 11.3 Å². The summed E-state index contributed by atoms with van der Waals surface area (Å²) in [5, 5.41) is 11.6. The Morgan fingerprint density at radius 3 is 2.61 bits per heavy atom. The molecule has 0 radical (unpaired) electrons. The predicted molar refractivity (Wildman–Crippen MR) is 90.5 cm³/mol. The average Bonchev–Trinajstić information content (AvgIpc) is 2.55. The summed E-state index contributed by atoms with van der Waals surface area (Å²) < 4.78 is 5.67. The number of nitrogens with one attached hydrogen (secondary N) is 1. The Morgan fingerprint density at radius 2 is 1.96 bits per heavy atom. The summed E-state index contributed by atoms with van der Waals surface area (Å²) in [6, 6.07) is 15.9. The highest BCUT2D eigenvalue weighted by Gasteiger charge is 2.07. The number of amides is 1. The fourth-order valence-electron chi connectivity index (χ4n) is 1.97. The molecule has 0 spiro atoms. The molecule has 0 bridgehead atoms. The Hall–Kier alpha value is -2.80. The van der Waals surface area contributed by atoms with Gasteiger partial charge in [-0.2, -0.15) is 5.26 Å². The van der Waals surface area contributed by atoms with E-state index in [9.17, 15) is 4.79 Å². The van der Waals surface area contributed by atoms with E-state index in [0.29, 0.717) is 35.1 Å². The van der Waals surface area contributed by atoms with Crippen molar-refractivity contribution in [3.05, 3.63) is 59.7 Å². The first-order valence-corrected chi connectivity index (χ1v) is 7.63. The largest absolute Gasteiger partial charge is 0.494 e. The minimum Gasteiger partial charge on any atom is -0.494 e. The number of carbonyl (C=O) groups is 1. The van der Waals surface area contributed by atoms with E-state index in [1.54, 1.807) is 42.5 Å². The van der Waals surface area contributed by atoms with Crippen LogP contribution in [0.1, 0.15) is 36.2 Å². The second kappa shape index (κ2) is 8.00. The van der Waals surface area contributed by atoms with Crippen molar-refractivity contribution < 1.29 is 9.53 Å². The number of hydrogen-bond acceptors (Lipinski definition) is 3. The van der Waals surface area contributed by atoms with Crippen LogP contribution in [0.25, 0.3) is 0 Å². The molecule has 4 nitrogen and oxygen atoms in total. The van der Waals surface area contributed by atoms with Gasteiger partial charge in [-0.15, -0.1) is 0 Å². The number of nitrogens with zero attached hydrogens (tertiary/aromatic N) is 1. The number of anilines is 1. The second-order valence-corrected chi connectivity index (χ2v) is 5.70. The molecular weight excluding hydrogens is 288 g/mol. The summed E-state index contributed by atoms with van der Waals surface area (Å²) >= 11 is 0. The minimum absolute atomic E-state index is 0.205. The third-order valence-corrected chi connectivity index (χ3v) is 3.33. The lowest BCUT2D eigenvalue weighted by Gasteiger charge is -2.10. The minimum atomic E-state index is -0.205. The highest BCUT2D eigenvalue weighted by atomic mass is 16.5. The van der Waals surface area contributed by atoms with Gasteiger partial charge in [0.1, 0.15) is 5.75 Å². The van der Waals surface area contributed by atoms with Crippen molar-refractivity contribution in [1.82, 2.24) is 0 Å². The van der Waals surface area contributed by atoms with Crippen LogP contribution in [0.4, 0.5) is 5.69 Å². The van der Waals surface area contributed by atoms with Crippen molar-refractivity contribution in [2.45, 2.75) is 20.3 Å². The molecule has 2 rings (SSSR count). The maximum absolute atomic E-state index is 12.3. The predicted octanol–water partition coefficient (Wildman–Crippen LogP) is 4.24. The molecule has 1 amide bonds. The van der Waals surface area contributed by atoms with Crippen LogP contribution in [0, 0.1) is 17.2 Å². The Kier molecular flexibility index (Phi) is 5.76. The molecule has 2 aromatic carbocycles. The molecule has 0 atom stereocenters. The van der Waals surface area contributed by atoms with Gasteiger partial charge in [0.2, 0.25) is 0 Å². The molecule has 4 heteroatoms. The first-order valence-electron chi connectivity index (χ1n) is 7.63. The van der Waals surface area contributed by atoms with Crippen LogP contribution in [0.15, 0.2) is 48.5 Å². The lowest BCUT2D eigenvalue weighted by molar-refractivity contribution is 0.102. The van der Waals surface area contributed by atoms with Gasteiger partial charge in [-0.25, -0.2) is 0 Å². The summed E-state index contributed by atoms with van der Waals surface area (Å²) in [7, 11) is 0. The number of nitriles is 1. The van der Waals surface area contributed by atoms with Crippen LogP contribution < -0.4 is 10.1 Å². The molecule has 1 N–H and O–H groups in total. The van der Waals surface area contributed by atoms with E-state index in [1.807, 2.05) is 12.1 Å². The Balaban J connectivity index is 1.99. The van der Waals surface area contributed by atoms with Crippen molar-refractivity contribution in [2.75, 3.05) is 11.9 Å². The summed E-state index contributed by atoms with van der Waals surface area (Å²) in [6.45, 7) is 4.92. The Labute approximate surface area is 136 Å². The van der Waals surface area contributed by atoms with Crippen molar-refractivity contribution >= 4 is 11.6 Å². The molecule has 0 aromatic heterocycles. The standard InChI is InChI=1S/C19H20N2O2/c1-14(2)10-11-23-18-5-3-4-16(12-18)19(22)21-17-8-6-15(13-20)7-9-17/h3-9,12,14H,10-11H2,1-2H3,(H,21,22). The first-order chi connectivity index (χ1) is 11.1. The van der Waals surface area contributed by atoms with E-state index in [-0.39, 0.29) is 5.91 Å². The molecule has 23 heavy (non-hydrogen) atoms. The van der Waals surface area contributed by atoms with Gasteiger partial charge in [0.15, 0.2) is 0 Å². The van der Waals surface area contributed by atoms with Crippen molar-refractivity contribution in [1.29, 1.82) is 5.26 Å². The van der Waals surface area contributed by atoms with E-state index in [1.165, 1.54) is 0 Å². The monoisotopic (exact) mass is 308 g/mol. The van der Waals surface area contributed by atoms with Gasteiger partial charge >= 0.3 is 0 Å². The molecule has 0 unspecified atom stereocenters. The smallest absolute Gasteiger partial charge is 0.255 e. The Morgan fingerprint density at radius 1 is 1.22 bits per heavy atom. The summed E-state index contributed by atoms with van der Waals surface area (Å²) in [5.74, 6) is 1.07. The second-order valence-electron chi connectivity index (χ2n) is 5.70. The molecule has 0 heterocycles. The lowest BCUT2D eigenvalue weighted by Crippen LogP contribution is -2.12. The SMILES string of the molecule is CC(C)CCOc1cccc(C(=O)Nc2ccc(C#N)cc2)c1. The molecule has 118 valence electrons. The van der Waals surface area contributed by atoms with E-state index in [2.05, 4.69) is 19.2 Å². The normalized spacial score (nSPS) is 10.2. The fraction of sp³-hybridized carbons (Fsp3) is 0.263. The Bertz CT molecular complexity index is 700. The highest BCUT2D eigenvalue weighted by Crippen LogP contribution is 2.16. The van der Waals surface area contributed by atoms with Crippen molar-refractivity contribution in [2.24, 2.45) is 5.92 Å². The van der Waals surface area contributed by atoms with E-state index in [0.717, 1.165) is 6.42 Å². The number of rotatable bonds is 6. The van der Waals surface area contributed by atoms with E-state index >= 15 is 0 Å². The van der Waals surface area contributed by atoms with Crippen molar-refractivity contribution in [3.8, 4) is 11.8 Å². The van der Waals surface area contributed by atoms with Crippen LogP contribution in [-0.2, 0) is 0 Å². The van der Waals surface area contributed by atoms with Crippen LogP contribution >= 0.6 is 0 Å². The molecule has 2 aromatic rings. The maximum Gasteiger partial charge on any atom is 0.255 e. The molecular formula is C19H20N2O2. The third kappa shape index (κ3) is 5.15. The summed E-state index contributed by atoms with van der Waals surface area (Å²) in [6.07, 6.45) is 0.974. The van der Waals surface area contributed by atoms with Crippen molar-refractivity contribution in [3.63, 3.8) is 0 Å².